The molecule has 118 valence electrons. The third kappa shape index (κ3) is 3.59. The highest BCUT2D eigenvalue weighted by Gasteiger charge is 2.23. The maximum absolute atomic E-state index is 4.95. The summed E-state index contributed by atoms with van der Waals surface area (Å²) in [6, 6.07) is 1.40. The van der Waals surface area contributed by atoms with Crippen LogP contribution >= 0.6 is 11.3 Å². The second-order valence-electron chi connectivity index (χ2n) is 6.62. The van der Waals surface area contributed by atoms with Gasteiger partial charge in [-0.05, 0) is 45.4 Å². The summed E-state index contributed by atoms with van der Waals surface area (Å²) in [4.78, 5) is 8.96. The molecule has 2 fully saturated rings. The number of rotatable bonds is 5. The number of aryl methyl sites for hydroxylation is 1. The normalized spacial score (nSPS) is 23.9. The molecule has 0 amide bonds. The van der Waals surface area contributed by atoms with Crippen LogP contribution in [0.1, 0.15) is 69.4 Å². The molecule has 0 radical (unpaired) electrons. The Bertz CT molecular complexity index is 451. The van der Waals surface area contributed by atoms with Crippen LogP contribution in [-0.4, -0.2) is 23.6 Å². The lowest BCUT2D eigenvalue weighted by Crippen LogP contribution is -2.37. The molecule has 21 heavy (non-hydrogen) atoms. The van der Waals surface area contributed by atoms with Crippen LogP contribution in [0.15, 0.2) is 0 Å². The predicted molar refractivity (Wildman–Crippen MR) is 91.2 cm³/mol. The maximum Gasteiger partial charge on any atom is 0.186 e. The van der Waals surface area contributed by atoms with Gasteiger partial charge in [0.25, 0.3) is 0 Å². The average Bonchev–Trinajstić information content (AvgIpc) is 3.14. The molecular formula is C17H29N3S. The van der Waals surface area contributed by atoms with Crippen molar-refractivity contribution in [3.8, 4) is 0 Å². The Kier molecular flexibility index (Phi) is 5.17. The van der Waals surface area contributed by atoms with E-state index in [9.17, 15) is 0 Å². The van der Waals surface area contributed by atoms with Crippen molar-refractivity contribution in [1.29, 1.82) is 0 Å². The van der Waals surface area contributed by atoms with Gasteiger partial charge in [0.1, 0.15) is 0 Å². The predicted octanol–water partition coefficient (Wildman–Crippen LogP) is 4.12. The summed E-state index contributed by atoms with van der Waals surface area (Å²) in [7, 11) is 0. The first-order valence-corrected chi connectivity index (χ1v) is 9.58. The van der Waals surface area contributed by atoms with Crippen LogP contribution in [0.3, 0.4) is 0 Å². The lowest BCUT2D eigenvalue weighted by molar-refractivity contribution is 0.484. The molecule has 1 unspecified atom stereocenters. The van der Waals surface area contributed by atoms with Gasteiger partial charge in [0.05, 0.1) is 5.69 Å². The summed E-state index contributed by atoms with van der Waals surface area (Å²) in [5.74, 6) is 0. The molecule has 1 saturated heterocycles. The van der Waals surface area contributed by atoms with Gasteiger partial charge in [0.2, 0.25) is 0 Å². The van der Waals surface area contributed by atoms with Crippen molar-refractivity contribution in [3.05, 3.63) is 10.6 Å². The van der Waals surface area contributed by atoms with E-state index in [2.05, 4.69) is 24.1 Å². The van der Waals surface area contributed by atoms with E-state index < -0.39 is 0 Å². The van der Waals surface area contributed by atoms with Crippen molar-refractivity contribution in [2.75, 3.05) is 11.4 Å². The summed E-state index contributed by atoms with van der Waals surface area (Å²) in [5, 5.41) is 5.02. The van der Waals surface area contributed by atoms with E-state index in [-0.39, 0.29) is 0 Å². The topological polar surface area (TPSA) is 28.2 Å². The zero-order chi connectivity index (χ0) is 14.7. The number of anilines is 1. The van der Waals surface area contributed by atoms with Crippen LogP contribution in [0.25, 0.3) is 0 Å². The Morgan fingerprint density at radius 3 is 2.67 bits per heavy atom. The van der Waals surface area contributed by atoms with Gasteiger partial charge in [-0.1, -0.05) is 19.8 Å². The zero-order valence-corrected chi connectivity index (χ0v) is 14.3. The minimum Gasteiger partial charge on any atom is -0.345 e. The van der Waals surface area contributed by atoms with E-state index in [1.54, 1.807) is 0 Å². The standard InChI is InChI=1S/C17H29N3S/c1-3-15-16(12-18-14-9-4-5-10-14)21-17(19-15)20-11-7-6-8-13(20)2/h13-14,18H,3-12H2,1-2H3. The quantitative estimate of drug-likeness (QED) is 0.887. The van der Waals surface area contributed by atoms with E-state index in [0.717, 1.165) is 19.0 Å². The van der Waals surface area contributed by atoms with Gasteiger partial charge >= 0.3 is 0 Å². The molecule has 0 aromatic carbocycles. The summed E-state index contributed by atoms with van der Waals surface area (Å²) in [5.41, 5.74) is 1.32. The minimum atomic E-state index is 0.658. The SMILES string of the molecule is CCc1nc(N2CCCCC2C)sc1CNC1CCCC1. The highest BCUT2D eigenvalue weighted by atomic mass is 32.1. The molecular weight excluding hydrogens is 278 g/mol. The second-order valence-corrected chi connectivity index (χ2v) is 7.68. The Hall–Kier alpha value is -0.610. The summed E-state index contributed by atoms with van der Waals surface area (Å²) < 4.78 is 0. The van der Waals surface area contributed by atoms with Crippen molar-refractivity contribution < 1.29 is 0 Å². The molecule has 1 atom stereocenters. The molecule has 0 spiro atoms. The van der Waals surface area contributed by atoms with Gasteiger partial charge in [-0.2, -0.15) is 0 Å². The van der Waals surface area contributed by atoms with Crippen molar-refractivity contribution >= 4 is 16.5 Å². The van der Waals surface area contributed by atoms with E-state index >= 15 is 0 Å². The number of nitrogens with zero attached hydrogens (tertiary/aromatic N) is 2. The molecule has 1 aromatic rings. The summed E-state index contributed by atoms with van der Waals surface area (Å²) >= 11 is 1.93. The highest BCUT2D eigenvalue weighted by molar-refractivity contribution is 7.15. The first kappa shape index (κ1) is 15.3. The Morgan fingerprint density at radius 2 is 1.95 bits per heavy atom. The zero-order valence-electron chi connectivity index (χ0n) is 13.5. The lowest BCUT2D eigenvalue weighted by Gasteiger charge is -2.33. The van der Waals surface area contributed by atoms with Gasteiger partial charge in [0, 0.05) is 30.1 Å². The number of nitrogens with one attached hydrogen (secondary N) is 1. The highest BCUT2D eigenvalue weighted by Crippen LogP contribution is 2.31. The van der Waals surface area contributed by atoms with Crippen molar-refractivity contribution in [3.63, 3.8) is 0 Å². The van der Waals surface area contributed by atoms with E-state index in [1.807, 2.05) is 11.3 Å². The monoisotopic (exact) mass is 307 g/mol. The lowest BCUT2D eigenvalue weighted by atomic mass is 10.1. The maximum atomic E-state index is 4.95. The second kappa shape index (κ2) is 7.10. The minimum absolute atomic E-state index is 0.658. The molecule has 2 heterocycles. The van der Waals surface area contributed by atoms with Crippen LogP contribution in [0.4, 0.5) is 5.13 Å². The number of hydrogen-bond acceptors (Lipinski definition) is 4. The molecule has 1 N–H and O–H groups in total. The van der Waals surface area contributed by atoms with Gasteiger partial charge in [-0.3, -0.25) is 0 Å². The molecule has 1 aliphatic carbocycles. The fourth-order valence-electron chi connectivity index (χ4n) is 3.66. The number of piperidine rings is 1. The molecule has 3 nitrogen and oxygen atoms in total. The molecule has 1 saturated carbocycles. The first-order valence-electron chi connectivity index (χ1n) is 8.76. The Morgan fingerprint density at radius 1 is 1.19 bits per heavy atom. The van der Waals surface area contributed by atoms with Crippen LogP contribution < -0.4 is 10.2 Å². The van der Waals surface area contributed by atoms with Crippen LogP contribution in [-0.2, 0) is 13.0 Å². The summed E-state index contributed by atoms with van der Waals surface area (Å²) in [6.07, 6.45) is 10.6. The number of thiazole rings is 1. The molecule has 1 aromatic heterocycles. The van der Waals surface area contributed by atoms with E-state index in [0.29, 0.717) is 6.04 Å². The molecule has 1 aliphatic heterocycles. The number of hydrogen-bond donors (Lipinski definition) is 1. The van der Waals surface area contributed by atoms with Crippen molar-refractivity contribution in [2.45, 2.75) is 83.8 Å². The first-order chi connectivity index (χ1) is 10.3. The van der Waals surface area contributed by atoms with E-state index in [1.165, 1.54) is 67.2 Å². The average molecular weight is 308 g/mol. The molecule has 2 aliphatic rings. The summed E-state index contributed by atoms with van der Waals surface area (Å²) in [6.45, 7) is 6.79. The molecule has 4 heteroatoms. The Balaban J connectivity index is 1.68. The molecule has 3 rings (SSSR count). The largest absolute Gasteiger partial charge is 0.345 e. The Labute approximate surface area is 133 Å². The third-order valence-corrected chi connectivity index (χ3v) is 6.19. The van der Waals surface area contributed by atoms with Gasteiger partial charge in [-0.25, -0.2) is 4.98 Å². The van der Waals surface area contributed by atoms with Crippen molar-refractivity contribution in [2.24, 2.45) is 0 Å². The van der Waals surface area contributed by atoms with Gasteiger partial charge in [-0.15, -0.1) is 11.3 Å². The van der Waals surface area contributed by atoms with E-state index in [4.69, 9.17) is 4.98 Å². The van der Waals surface area contributed by atoms with Gasteiger partial charge < -0.3 is 10.2 Å². The molecule has 0 bridgehead atoms. The van der Waals surface area contributed by atoms with Crippen LogP contribution in [0.5, 0.6) is 0 Å². The number of aromatic nitrogens is 1. The third-order valence-electron chi connectivity index (χ3n) is 5.06. The fourth-order valence-corrected chi connectivity index (χ4v) is 4.88. The van der Waals surface area contributed by atoms with Crippen LogP contribution in [0.2, 0.25) is 0 Å². The fraction of sp³-hybridized carbons (Fsp3) is 0.824. The smallest absolute Gasteiger partial charge is 0.186 e. The van der Waals surface area contributed by atoms with Gasteiger partial charge in [0.15, 0.2) is 5.13 Å². The van der Waals surface area contributed by atoms with Crippen LogP contribution in [0, 0.1) is 0 Å². The van der Waals surface area contributed by atoms with Crippen molar-refractivity contribution in [1.82, 2.24) is 10.3 Å².